The monoisotopic (exact) mass is 583 g/mol. The van der Waals surface area contributed by atoms with Crippen molar-refractivity contribution in [2.45, 2.75) is 19.9 Å². The minimum atomic E-state index is -0.954. The second-order valence-corrected chi connectivity index (χ2v) is 9.71. The number of imidazole rings is 1. The fourth-order valence-electron chi connectivity index (χ4n) is 4.62. The zero-order valence-corrected chi connectivity index (χ0v) is 22.9. The highest BCUT2D eigenvalue weighted by Crippen LogP contribution is 2.32. The van der Waals surface area contributed by atoms with E-state index in [1.54, 1.807) is 46.9 Å². The minimum Gasteiger partial charge on any atom is -0.452 e. The van der Waals surface area contributed by atoms with E-state index in [0.29, 0.717) is 22.5 Å². The van der Waals surface area contributed by atoms with Crippen molar-refractivity contribution in [1.82, 2.24) is 33.5 Å². The van der Waals surface area contributed by atoms with Crippen LogP contribution in [0.15, 0.2) is 89.1 Å². The third-order valence-electron chi connectivity index (χ3n) is 6.74. The van der Waals surface area contributed by atoms with Crippen LogP contribution in [0.25, 0.3) is 22.5 Å². The fraction of sp³-hybridized carbons (Fsp3) is 0.133. The standard InChI is InChI=1S/C30H23F2N7O4/c1-3-37-30(42)39(21-7-5-20(31)6-8-21)29(41)28(35-37)25(40)13-18-4-9-26(22(32)12-18)43-27-14-19(23-16-36(2)17-33-23)15-38-24(27)10-11-34-38/h4-12,14-17H,3,13H2,1-2H3. The normalized spacial score (nSPS) is 11.3. The van der Waals surface area contributed by atoms with E-state index in [-0.39, 0.29) is 30.0 Å². The molecule has 13 heteroatoms. The van der Waals surface area contributed by atoms with Gasteiger partial charge in [-0.3, -0.25) is 9.59 Å². The summed E-state index contributed by atoms with van der Waals surface area (Å²) in [6.45, 7) is 1.70. The van der Waals surface area contributed by atoms with Crippen LogP contribution < -0.4 is 16.0 Å². The summed E-state index contributed by atoms with van der Waals surface area (Å²) in [5, 5.41) is 8.22. The van der Waals surface area contributed by atoms with Gasteiger partial charge in [0, 0.05) is 38.0 Å². The lowest BCUT2D eigenvalue weighted by Crippen LogP contribution is -2.43. The van der Waals surface area contributed by atoms with Gasteiger partial charge >= 0.3 is 5.69 Å². The molecule has 0 saturated carbocycles. The summed E-state index contributed by atoms with van der Waals surface area (Å²) in [5.41, 5.74) is 0.111. The summed E-state index contributed by atoms with van der Waals surface area (Å²) in [6, 6.07) is 12.2. The van der Waals surface area contributed by atoms with Crippen molar-refractivity contribution in [2.24, 2.45) is 7.05 Å². The van der Waals surface area contributed by atoms with Crippen LogP contribution in [0.5, 0.6) is 11.5 Å². The molecule has 4 aromatic heterocycles. The third kappa shape index (κ3) is 5.23. The predicted octanol–water partition coefficient (Wildman–Crippen LogP) is 3.96. The number of rotatable bonds is 8. The van der Waals surface area contributed by atoms with Crippen molar-refractivity contribution in [1.29, 1.82) is 0 Å². The molecular weight excluding hydrogens is 560 g/mol. The number of ketones is 1. The topological polar surface area (TPSA) is 118 Å². The molecule has 0 unspecified atom stereocenters. The van der Waals surface area contributed by atoms with Gasteiger partial charge in [0.05, 0.1) is 23.9 Å². The van der Waals surface area contributed by atoms with Crippen LogP contribution in [0.3, 0.4) is 0 Å². The van der Waals surface area contributed by atoms with Crippen molar-refractivity contribution in [3.63, 3.8) is 0 Å². The minimum absolute atomic E-state index is 0.0766. The number of pyridine rings is 1. The molecule has 43 heavy (non-hydrogen) atoms. The molecule has 0 atom stereocenters. The Balaban J connectivity index is 1.29. The van der Waals surface area contributed by atoms with Crippen LogP contribution >= 0.6 is 0 Å². The number of fused-ring (bicyclic) bond motifs is 1. The van der Waals surface area contributed by atoms with E-state index in [0.717, 1.165) is 27.4 Å². The third-order valence-corrected chi connectivity index (χ3v) is 6.74. The molecule has 0 spiro atoms. The number of ether oxygens (including phenoxy) is 1. The van der Waals surface area contributed by atoms with E-state index >= 15 is 4.39 Å². The molecule has 11 nitrogen and oxygen atoms in total. The van der Waals surface area contributed by atoms with Crippen LogP contribution in [-0.2, 0) is 20.0 Å². The number of nitrogens with zero attached hydrogens (tertiary/aromatic N) is 7. The van der Waals surface area contributed by atoms with Crippen molar-refractivity contribution >= 4 is 11.3 Å². The second-order valence-electron chi connectivity index (χ2n) is 9.71. The van der Waals surface area contributed by atoms with Gasteiger partial charge in [0.15, 0.2) is 28.8 Å². The van der Waals surface area contributed by atoms with Gasteiger partial charge in [-0.15, -0.1) is 0 Å². The number of Topliss-reactive ketones (excluding diaryl/α,β-unsaturated/α-hetero) is 1. The molecule has 2 aromatic carbocycles. The summed E-state index contributed by atoms with van der Waals surface area (Å²) in [4.78, 5) is 43.6. The fourth-order valence-corrected chi connectivity index (χ4v) is 4.62. The molecule has 0 aliphatic carbocycles. The van der Waals surface area contributed by atoms with E-state index in [4.69, 9.17) is 4.74 Å². The van der Waals surface area contributed by atoms with Gasteiger partial charge in [0.1, 0.15) is 11.3 Å². The highest BCUT2D eigenvalue weighted by molar-refractivity contribution is 5.95. The zero-order chi connectivity index (χ0) is 30.2. The summed E-state index contributed by atoms with van der Waals surface area (Å²) >= 11 is 0. The van der Waals surface area contributed by atoms with Crippen molar-refractivity contribution in [2.75, 3.05) is 0 Å². The molecule has 216 valence electrons. The van der Waals surface area contributed by atoms with E-state index in [1.165, 1.54) is 24.3 Å². The number of carbonyl (C=O) groups excluding carboxylic acids is 1. The number of benzene rings is 2. The largest absolute Gasteiger partial charge is 0.452 e. The Morgan fingerprint density at radius 1 is 0.977 bits per heavy atom. The molecule has 0 fully saturated rings. The summed E-state index contributed by atoms with van der Waals surface area (Å²) in [6.07, 6.45) is 6.50. The predicted molar refractivity (Wildman–Crippen MR) is 152 cm³/mol. The molecule has 0 bridgehead atoms. The number of halogens is 2. The lowest BCUT2D eigenvalue weighted by molar-refractivity contribution is 0.0983. The first kappa shape index (κ1) is 27.4. The first-order chi connectivity index (χ1) is 20.7. The first-order valence-corrected chi connectivity index (χ1v) is 13.2. The number of aromatic nitrogens is 7. The van der Waals surface area contributed by atoms with Gasteiger partial charge in [-0.2, -0.15) is 10.2 Å². The van der Waals surface area contributed by atoms with Crippen LogP contribution in [0.4, 0.5) is 8.78 Å². The van der Waals surface area contributed by atoms with Gasteiger partial charge in [-0.25, -0.2) is 32.3 Å². The second kappa shape index (κ2) is 10.9. The van der Waals surface area contributed by atoms with Crippen LogP contribution in [0, 0.1) is 11.6 Å². The van der Waals surface area contributed by atoms with Crippen molar-refractivity contribution < 1.29 is 18.3 Å². The van der Waals surface area contributed by atoms with E-state index < -0.39 is 34.4 Å². The van der Waals surface area contributed by atoms with E-state index in [9.17, 15) is 18.8 Å². The Bertz CT molecular complexity index is 2130. The number of hydrogen-bond donors (Lipinski definition) is 0. The molecule has 0 aliphatic rings. The maximum Gasteiger partial charge on any atom is 0.352 e. The van der Waals surface area contributed by atoms with Gasteiger partial charge in [0.2, 0.25) is 0 Å². The number of aryl methyl sites for hydroxylation is 2. The van der Waals surface area contributed by atoms with Crippen molar-refractivity contribution in [3.8, 4) is 28.4 Å². The Labute approximate surface area is 241 Å². The average Bonchev–Trinajstić information content (AvgIpc) is 3.65. The summed E-state index contributed by atoms with van der Waals surface area (Å²) in [5.74, 6) is -1.76. The maximum atomic E-state index is 15.3. The molecular formula is C30H23F2N7O4. The highest BCUT2D eigenvalue weighted by Gasteiger charge is 2.21. The maximum absolute atomic E-state index is 15.3. The molecule has 0 radical (unpaired) electrons. The lowest BCUT2D eigenvalue weighted by atomic mass is 10.1. The number of hydrogen-bond acceptors (Lipinski definition) is 7. The van der Waals surface area contributed by atoms with Gasteiger partial charge in [-0.1, -0.05) is 6.07 Å². The van der Waals surface area contributed by atoms with E-state index in [2.05, 4.69) is 15.2 Å². The van der Waals surface area contributed by atoms with Gasteiger partial charge in [-0.05, 0) is 61.0 Å². The van der Waals surface area contributed by atoms with Gasteiger partial charge in [0.25, 0.3) is 5.56 Å². The molecule has 6 rings (SSSR count). The van der Waals surface area contributed by atoms with Crippen molar-refractivity contribution in [3.05, 3.63) is 123 Å². The first-order valence-electron chi connectivity index (χ1n) is 13.2. The molecule has 6 aromatic rings. The van der Waals surface area contributed by atoms with Crippen LogP contribution in [0.1, 0.15) is 23.0 Å². The van der Waals surface area contributed by atoms with Gasteiger partial charge < -0.3 is 9.30 Å². The SMILES string of the molecule is CCn1nc(C(=O)Cc2ccc(Oc3cc(-c4cn(C)cn4)cn4nccc34)c(F)c2)c(=O)n(-c2ccc(F)cc2)c1=O. The number of carbonyl (C=O) groups is 1. The molecule has 4 heterocycles. The lowest BCUT2D eigenvalue weighted by Gasteiger charge is -2.12. The van der Waals surface area contributed by atoms with Crippen LogP contribution in [0.2, 0.25) is 0 Å². The van der Waals surface area contributed by atoms with Crippen LogP contribution in [-0.4, -0.2) is 39.3 Å². The Morgan fingerprint density at radius 3 is 2.47 bits per heavy atom. The summed E-state index contributed by atoms with van der Waals surface area (Å²) in [7, 11) is 1.85. The quantitative estimate of drug-likeness (QED) is 0.249. The Kier molecular flexibility index (Phi) is 6.98. The molecule has 0 N–H and O–H groups in total. The Hall–Kier alpha value is -5.72. The Morgan fingerprint density at radius 2 is 1.77 bits per heavy atom. The highest BCUT2D eigenvalue weighted by atomic mass is 19.1. The molecule has 0 amide bonds. The average molecular weight is 584 g/mol. The molecule has 0 saturated heterocycles. The zero-order valence-electron chi connectivity index (χ0n) is 22.9. The smallest absolute Gasteiger partial charge is 0.352 e. The van der Waals surface area contributed by atoms with E-state index in [1.807, 2.05) is 13.2 Å². The molecule has 0 aliphatic heterocycles. The summed E-state index contributed by atoms with van der Waals surface area (Å²) < 4.78 is 39.8.